The van der Waals surface area contributed by atoms with Crippen molar-refractivity contribution in [3.63, 3.8) is 0 Å². The first-order valence-electron chi connectivity index (χ1n) is 5.69. The molecule has 0 aliphatic heterocycles. The second kappa shape index (κ2) is 8.02. The molecule has 7 nitrogen and oxygen atoms in total. The Morgan fingerprint density at radius 3 is 2.17 bits per heavy atom. The number of hydrogen-bond acceptors (Lipinski definition) is 6. The average molecular weight is 263 g/mol. The summed E-state index contributed by atoms with van der Waals surface area (Å²) in [5.74, 6) is -0.988. The van der Waals surface area contributed by atoms with E-state index in [9.17, 15) is 19.8 Å². The Kier molecular flexibility index (Phi) is 7.49. The summed E-state index contributed by atoms with van der Waals surface area (Å²) >= 11 is 0. The molecule has 0 bridgehead atoms. The Labute approximate surface area is 106 Å². The van der Waals surface area contributed by atoms with Gasteiger partial charge in [-0.2, -0.15) is 0 Å². The van der Waals surface area contributed by atoms with Crippen LogP contribution in [0.4, 0.5) is 0 Å². The zero-order chi connectivity index (χ0) is 14.3. The summed E-state index contributed by atoms with van der Waals surface area (Å²) < 4.78 is 4.92. The lowest BCUT2D eigenvalue weighted by atomic mass is 10.00. The zero-order valence-corrected chi connectivity index (χ0v) is 10.8. The summed E-state index contributed by atoms with van der Waals surface area (Å²) in [6.07, 6.45) is -3.10. The molecule has 0 saturated heterocycles. The van der Waals surface area contributed by atoms with E-state index in [4.69, 9.17) is 9.84 Å². The Hall–Kier alpha value is -1.18. The van der Waals surface area contributed by atoms with Gasteiger partial charge in [0.25, 0.3) is 0 Å². The van der Waals surface area contributed by atoms with E-state index in [1.807, 2.05) is 0 Å². The van der Waals surface area contributed by atoms with Crippen LogP contribution in [-0.2, 0) is 14.3 Å². The first kappa shape index (κ1) is 16.8. The minimum Gasteiger partial charge on any atom is -0.458 e. The van der Waals surface area contributed by atoms with Gasteiger partial charge in [0.05, 0.1) is 24.9 Å². The van der Waals surface area contributed by atoms with Crippen molar-refractivity contribution in [1.29, 1.82) is 0 Å². The predicted molar refractivity (Wildman–Crippen MR) is 62.5 cm³/mol. The molecule has 0 heterocycles. The number of hydrogen-bond donors (Lipinski definition) is 4. The van der Waals surface area contributed by atoms with Crippen LogP contribution in [0.5, 0.6) is 0 Å². The SMILES string of the molecule is CC(=O)NC(CC(O)CO)C(OC(C)=O)C(C)O. The van der Waals surface area contributed by atoms with Crippen molar-refractivity contribution >= 4 is 11.9 Å². The highest BCUT2D eigenvalue weighted by molar-refractivity contribution is 5.73. The third kappa shape index (κ3) is 6.53. The van der Waals surface area contributed by atoms with Crippen LogP contribution in [0.15, 0.2) is 0 Å². The van der Waals surface area contributed by atoms with E-state index in [1.165, 1.54) is 20.8 Å². The Bertz CT molecular complexity index is 281. The highest BCUT2D eigenvalue weighted by Gasteiger charge is 2.31. The van der Waals surface area contributed by atoms with Gasteiger partial charge in [0, 0.05) is 13.8 Å². The number of aliphatic hydroxyl groups is 3. The van der Waals surface area contributed by atoms with Crippen LogP contribution in [0.25, 0.3) is 0 Å². The molecule has 0 fully saturated rings. The normalized spacial score (nSPS) is 17.4. The fourth-order valence-electron chi connectivity index (χ4n) is 1.61. The first-order chi connectivity index (χ1) is 8.27. The maximum absolute atomic E-state index is 11.1. The number of aliphatic hydroxyl groups excluding tert-OH is 3. The van der Waals surface area contributed by atoms with E-state index in [1.54, 1.807) is 0 Å². The molecule has 0 spiro atoms. The summed E-state index contributed by atoms with van der Waals surface area (Å²) in [6, 6.07) is -0.770. The molecule has 0 aliphatic carbocycles. The molecule has 18 heavy (non-hydrogen) atoms. The van der Waals surface area contributed by atoms with E-state index in [2.05, 4.69) is 5.32 Å². The van der Waals surface area contributed by atoms with Gasteiger partial charge in [-0.15, -0.1) is 0 Å². The quantitative estimate of drug-likeness (QED) is 0.417. The van der Waals surface area contributed by atoms with Crippen LogP contribution in [0, 0.1) is 0 Å². The number of rotatable bonds is 7. The summed E-state index contributed by atoms with van der Waals surface area (Å²) in [4.78, 5) is 22.0. The number of amides is 1. The third-order valence-corrected chi connectivity index (χ3v) is 2.30. The van der Waals surface area contributed by atoms with Gasteiger partial charge in [0.2, 0.25) is 5.91 Å². The molecule has 0 radical (unpaired) electrons. The highest BCUT2D eigenvalue weighted by atomic mass is 16.6. The largest absolute Gasteiger partial charge is 0.458 e. The van der Waals surface area contributed by atoms with Crippen molar-refractivity contribution in [2.75, 3.05) is 6.61 Å². The van der Waals surface area contributed by atoms with Crippen LogP contribution in [0.2, 0.25) is 0 Å². The predicted octanol–water partition coefficient (Wildman–Crippen LogP) is -1.45. The Morgan fingerprint density at radius 2 is 1.83 bits per heavy atom. The van der Waals surface area contributed by atoms with Crippen molar-refractivity contribution in [1.82, 2.24) is 5.32 Å². The summed E-state index contributed by atoms with van der Waals surface area (Å²) in [6.45, 7) is 3.38. The molecule has 0 aromatic heterocycles. The van der Waals surface area contributed by atoms with Gasteiger partial charge in [0.15, 0.2) is 0 Å². The minimum absolute atomic E-state index is 0.0288. The molecule has 4 N–H and O–H groups in total. The number of carbonyl (C=O) groups excluding carboxylic acids is 2. The van der Waals surface area contributed by atoms with Crippen LogP contribution < -0.4 is 5.32 Å². The van der Waals surface area contributed by atoms with E-state index in [0.29, 0.717) is 0 Å². The second-order valence-electron chi connectivity index (χ2n) is 4.19. The van der Waals surface area contributed by atoms with E-state index in [-0.39, 0.29) is 12.3 Å². The monoisotopic (exact) mass is 263 g/mol. The van der Waals surface area contributed by atoms with E-state index in [0.717, 1.165) is 0 Å². The molecule has 1 amide bonds. The Balaban J connectivity index is 4.84. The highest BCUT2D eigenvalue weighted by Crippen LogP contribution is 2.12. The number of nitrogens with one attached hydrogen (secondary N) is 1. The van der Waals surface area contributed by atoms with Crippen molar-refractivity contribution in [2.24, 2.45) is 0 Å². The molecular weight excluding hydrogens is 242 g/mol. The van der Waals surface area contributed by atoms with Gasteiger partial charge in [-0.1, -0.05) is 0 Å². The van der Waals surface area contributed by atoms with Gasteiger partial charge in [-0.05, 0) is 13.3 Å². The molecule has 4 atom stereocenters. The zero-order valence-electron chi connectivity index (χ0n) is 10.8. The molecule has 106 valence electrons. The number of ether oxygens (including phenoxy) is 1. The van der Waals surface area contributed by atoms with Crippen molar-refractivity contribution < 1.29 is 29.6 Å². The molecule has 0 aromatic carbocycles. The fraction of sp³-hybridized carbons (Fsp3) is 0.818. The van der Waals surface area contributed by atoms with E-state index < -0.39 is 36.9 Å². The first-order valence-corrected chi connectivity index (χ1v) is 5.69. The van der Waals surface area contributed by atoms with Crippen molar-refractivity contribution in [3.05, 3.63) is 0 Å². The molecule has 4 unspecified atom stereocenters. The van der Waals surface area contributed by atoms with Crippen LogP contribution >= 0.6 is 0 Å². The smallest absolute Gasteiger partial charge is 0.303 e. The van der Waals surface area contributed by atoms with Gasteiger partial charge in [-0.25, -0.2) is 0 Å². The molecule has 0 aliphatic rings. The standard InChI is InChI=1S/C11H21NO6/c1-6(14)11(18-8(3)16)10(12-7(2)15)4-9(17)5-13/h6,9-11,13-14,17H,4-5H2,1-3H3,(H,12,15). The second-order valence-corrected chi connectivity index (χ2v) is 4.19. The molecule has 0 aromatic rings. The minimum atomic E-state index is -1.07. The fourth-order valence-corrected chi connectivity index (χ4v) is 1.61. The summed E-state index contributed by atoms with van der Waals surface area (Å²) in [7, 11) is 0. The maximum atomic E-state index is 11.1. The summed E-state index contributed by atoms with van der Waals surface area (Å²) in [5, 5.41) is 30.2. The average Bonchev–Trinajstić information content (AvgIpc) is 2.23. The maximum Gasteiger partial charge on any atom is 0.303 e. The lowest BCUT2D eigenvalue weighted by Crippen LogP contribution is -2.51. The molecule has 0 rings (SSSR count). The number of esters is 1. The topological polar surface area (TPSA) is 116 Å². The van der Waals surface area contributed by atoms with Gasteiger partial charge < -0.3 is 25.4 Å². The van der Waals surface area contributed by atoms with Gasteiger partial charge >= 0.3 is 5.97 Å². The lowest BCUT2D eigenvalue weighted by Gasteiger charge is -2.30. The van der Waals surface area contributed by atoms with Crippen molar-refractivity contribution in [2.45, 2.75) is 51.5 Å². The van der Waals surface area contributed by atoms with Crippen LogP contribution in [0.1, 0.15) is 27.2 Å². The van der Waals surface area contributed by atoms with Gasteiger partial charge in [-0.3, -0.25) is 9.59 Å². The van der Waals surface area contributed by atoms with E-state index >= 15 is 0 Å². The van der Waals surface area contributed by atoms with Gasteiger partial charge in [0.1, 0.15) is 6.10 Å². The summed E-state index contributed by atoms with van der Waals surface area (Å²) in [5.41, 5.74) is 0. The van der Waals surface area contributed by atoms with Crippen LogP contribution in [0.3, 0.4) is 0 Å². The molecule has 0 saturated carbocycles. The molecule has 7 heteroatoms. The van der Waals surface area contributed by atoms with Crippen LogP contribution in [-0.4, -0.2) is 58.2 Å². The lowest BCUT2D eigenvalue weighted by molar-refractivity contribution is -0.156. The molecular formula is C11H21NO6. The Morgan fingerprint density at radius 1 is 1.28 bits per heavy atom. The third-order valence-electron chi connectivity index (χ3n) is 2.30. The number of carbonyl (C=O) groups is 2. The van der Waals surface area contributed by atoms with Crippen molar-refractivity contribution in [3.8, 4) is 0 Å².